The van der Waals surface area contributed by atoms with Gasteiger partial charge in [0.2, 0.25) is 5.91 Å². The van der Waals surface area contributed by atoms with Gasteiger partial charge in [0.15, 0.2) is 0 Å². The van der Waals surface area contributed by atoms with Gasteiger partial charge in [-0.2, -0.15) is 0 Å². The first-order valence-corrected chi connectivity index (χ1v) is 7.96. The average Bonchev–Trinajstić information content (AvgIpc) is 2.55. The number of aliphatic hydroxyl groups is 1. The molecule has 1 N–H and O–H groups in total. The van der Waals surface area contributed by atoms with Crippen LogP contribution in [0.3, 0.4) is 0 Å². The molecule has 0 radical (unpaired) electrons. The fourth-order valence-corrected chi connectivity index (χ4v) is 3.07. The lowest BCUT2D eigenvalue weighted by atomic mass is 10.00. The molecular weight excluding hydrogens is 264 g/mol. The number of likely N-dealkylation sites (tertiary alicyclic amines) is 1. The average molecular weight is 290 g/mol. The number of amides is 1. The highest BCUT2D eigenvalue weighted by atomic mass is 16.3. The third-order valence-electron chi connectivity index (χ3n) is 4.24. The molecule has 0 bridgehead atoms. The van der Waals surface area contributed by atoms with Gasteiger partial charge in [0.05, 0.1) is 13.2 Å². The molecule has 0 aromatic heterocycles. The van der Waals surface area contributed by atoms with E-state index in [1.807, 2.05) is 40.1 Å². The number of carbonyl (C=O) groups is 1. The van der Waals surface area contributed by atoms with Gasteiger partial charge in [0.25, 0.3) is 0 Å². The number of piperidine rings is 1. The van der Waals surface area contributed by atoms with Crippen LogP contribution in [0, 0.1) is 0 Å². The smallest absolute Gasteiger partial charge is 0.242 e. The molecule has 116 valence electrons. The molecule has 1 saturated heterocycles. The van der Waals surface area contributed by atoms with E-state index in [2.05, 4.69) is 6.92 Å². The molecule has 1 atom stereocenters. The standard InChI is InChI=1S/C17H26N2O2/c1-2-15-8-6-7-11-19(15)17(21)14-18(12-13-20)16-9-4-3-5-10-16/h3-5,9-10,15,20H,2,6-8,11-14H2,1H3. The zero-order valence-corrected chi connectivity index (χ0v) is 12.9. The number of carbonyl (C=O) groups excluding carboxylic acids is 1. The lowest BCUT2D eigenvalue weighted by molar-refractivity contribution is -0.133. The van der Waals surface area contributed by atoms with Crippen LogP contribution in [0.4, 0.5) is 5.69 Å². The lowest BCUT2D eigenvalue weighted by Crippen LogP contribution is -2.48. The number of hydrogen-bond donors (Lipinski definition) is 1. The molecular formula is C17H26N2O2. The van der Waals surface area contributed by atoms with Gasteiger partial charge in [-0.25, -0.2) is 0 Å². The Labute approximate surface area is 127 Å². The highest BCUT2D eigenvalue weighted by Crippen LogP contribution is 2.20. The van der Waals surface area contributed by atoms with Gasteiger partial charge in [-0.3, -0.25) is 4.79 Å². The molecule has 2 rings (SSSR count). The number of nitrogens with zero attached hydrogens (tertiary/aromatic N) is 2. The van der Waals surface area contributed by atoms with E-state index < -0.39 is 0 Å². The molecule has 0 spiro atoms. The molecule has 4 nitrogen and oxygen atoms in total. The van der Waals surface area contributed by atoms with Gasteiger partial charge >= 0.3 is 0 Å². The van der Waals surface area contributed by atoms with Gasteiger partial charge in [0, 0.05) is 24.8 Å². The molecule has 1 amide bonds. The lowest BCUT2D eigenvalue weighted by Gasteiger charge is -2.37. The second-order valence-corrected chi connectivity index (χ2v) is 5.63. The van der Waals surface area contributed by atoms with E-state index in [1.165, 1.54) is 6.42 Å². The van der Waals surface area contributed by atoms with Crippen LogP contribution in [0.15, 0.2) is 30.3 Å². The molecule has 1 aliphatic rings. The van der Waals surface area contributed by atoms with Crippen molar-refractivity contribution in [2.24, 2.45) is 0 Å². The van der Waals surface area contributed by atoms with Gasteiger partial charge in [0.1, 0.15) is 0 Å². The number of rotatable bonds is 6. The molecule has 1 aliphatic heterocycles. The summed E-state index contributed by atoms with van der Waals surface area (Å²) in [6.45, 7) is 3.92. The Bertz CT molecular complexity index is 436. The maximum Gasteiger partial charge on any atom is 0.242 e. The van der Waals surface area contributed by atoms with Crippen molar-refractivity contribution in [3.8, 4) is 0 Å². The van der Waals surface area contributed by atoms with E-state index in [-0.39, 0.29) is 12.5 Å². The SMILES string of the molecule is CCC1CCCCN1C(=O)CN(CCO)c1ccccc1. The Morgan fingerprint density at radius 2 is 2.10 bits per heavy atom. The zero-order chi connectivity index (χ0) is 15.1. The molecule has 1 unspecified atom stereocenters. The van der Waals surface area contributed by atoms with Crippen LogP contribution in [0.5, 0.6) is 0 Å². The summed E-state index contributed by atoms with van der Waals surface area (Å²) in [5.74, 6) is 0.179. The number of benzene rings is 1. The fraction of sp³-hybridized carbons (Fsp3) is 0.588. The van der Waals surface area contributed by atoms with Gasteiger partial charge in [-0.15, -0.1) is 0 Å². The first kappa shape index (κ1) is 15.8. The minimum Gasteiger partial charge on any atom is -0.395 e. The van der Waals surface area contributed by atoms with E-state index in [0.717, 1.165) is 31.5 Å². The van der Waals surface area contributed by atoms with E-state index in [4.69, 9.17) is 0 Å². The van der Waals surface area contributed by atoms with Crippen molar-refractivity contribution in [2.75, 3.05) is 31.1 Å². The fourth-order valence-electron chi connectivity index (χ4n) is 3.07. The summed E-state index contributed by atoms with van der Waals surface area (Å²) in [7, 11) is 0. The number of anilines is 1. The van der Waals surface area contributed by atoms with Crippen molar-refractivity contribution < 1.29 is 9.90 Å². The highest BCUT2D eigenvalue weighted by Gasteiger charge is 2.26. The summed E-state index contributed by atoms with van der Waals surface area (Å²) in [5, 5.41) is 9.25. The summed E-state index contributed by atoms with van der Waals surface area (Å²) in [5.41, 5.74) is 0.991. The van der Waals surface area contributed by atoms with Crippen molar-refractivity contribution in [2.45, 2.75) is 38.6 Å². The second-order valence-electron chi connectivity index (χ2n) is 5.63. The third-order valence-corrected chi connectivity index (χ3v) is 4.24. The zero-order valence-electron chi connectivity index (χ0n) is 12.9. The van der Waals surface area contributed by atoms with Crippen molar-refractivity contribution >= 4 is 11.6 Å². The van der Waals surface area contributed by atoms with Crippen LogP contribution >= 0.6 is 0 Å². The van der Waals surface area contributed by atoms with Crippen LogP contribution in [-0.2, 0) is 4.79 Å². The van der Waals surface area contributed by atoms with Crippen molar-refractivity contribution in [3.05, 3.63) is 30.3 Å². The highest BCUT2D eigenvalue weighted by molar-refractivity contribution is 5.82. The van der Waals surface area contributed by atoms with E-state index in [1.54, 1.807) is 0 Å². The molecule has 1 aromatic rings. The normalized spacial score (nSPS) is 18.6. The Kier molecular flexibility index (Phi) is 6.05. The quantitative estimate of drug-likeness (QED) is 0.874. The van der Waals surface area contributed by atoms with Crippen LogP contribution in [-0.4, -0.2) is 48.2 Å². The maximum atomic E-state index is 12.6. The summed E-state index contributed by atoms with van der Waals surface area (Å²) >= 11 is 0. The minimum absolute atomic E-state index is 0.0549. The largest absolute Gasteiger partial charge is 0.395 e. The van der Waals surface area contributed by atoms with E-state index >= 15 is 0 Å². The molecule has 0 saturated carbocycles. The predicted octanol–water partition coefficient (Wildman–Crippen LogP) is 2.28. The topological polar surface area (TPSA) is 43.8 Å². The van der Waals surface area contributed by atoms with Crippen LogP contribution in [0.1, 0.15) is 32.6 Å². The van der Waals surface area contributed by atoms with E-state index in [0.29, 0.717) is 19.1 Å². The molecule has 21 heavy (non-hydrogen) atoms. The maximum absolute atomic E-state index is 12.6. The molecule has 1 fully saturated rings. The first-order chi connectivity index (χ1) is 10.3. The molecule has 4 heteroatoms. The molecule has 1 aromatic carbocycles. The van der Waals surface area contributed by atoms with Gasteiger partial charge in [-0.1, -0.05) is 25.1 Å². The second kappa shape index (κ2) is 8.03. The molecule has 1 heterocycles. The van der Waals surface area contributed by atoms with Crippen LogP contribution < -0.4 is 4.90 Å². The summed E-state index contributed by atoms with van der Waals surface area (Å²) in [6.07, 6.45) is 4.47. The van der Waals surface area contributed by atoms with E-state index in [9.17, 15) is 9.90 Å². The Balaban J connectivity index is 2.04. The number of aliphatic hydroxyl groups excluding tert-OH is 1. The van der Waals surface area contributed by atoms with Crippen LogP contribution in [0.25, 0.3) is 0 Å². The summed E-state index contributed by atoms with van der Waals surface area (Å²) in [6, 6.07) is 10.2. The summed E-state index contributed by atoms with van der Waals surface area (Å²) < 4.78 is 0. The first-order valence-electron chi connectivity index (χ1n) is 7.96. The Hall–Kier alpha value is -1.55. The van der Waals surface area contributed by atoms with Crippen LogP contribution in [0.2, 0.25) is 0 Å². The van der Waals surface area contributed by atoms with Crippen molar-refractivity contribution in [1.82, 2.24) is 4.90 Å². The molecule has 0 aliphatic carbocycles. The van der Waals surface area contributed by atoms with Crippen molar-refractivity contribution in [3.63, 3.8) is 0 Å². The van der Waals surface area contributed by atoms with Crippen molar-refractivity contribution in [1.29, 1.82) is 0 Å². The van der Waals surface area contributed by atoms with Gasteiger partial charge < -0.3 is 14.9 Å². The monoisotopic (exact) mass is 290 g/mol. The predicted molar refractivity (Wildman–Crippen MR) is 85.4 cm³/mol. The third kappa shape index (κ3) is 4.21. The number of para-hydroxylation sites is 1. The Morgan fingerprint density at radius 1 is 1.33 bits per heavy atom. The number of hydrogen-bond acceptors (Lipinski definition) is 3. The minimum atomic E-state index is 0.0549. The van der Waals surface area contributed by atoms with Gasteiger partial charge in [-0.05, 0) is 37.8 Å². The summed E-state index contributed by atoms with van der Waals surface area (Å²) in [4.78, 5) is 16.6. The Morgan fingerprint density at radius 3 is 2.76 bits per heavy atom.